The largest absolute Gasteiger partial charge is 0.352 e. The predicted molar refractivity (Wildman–Crippen MR) is 113 cm³/mol. The summed E-state index contributed by atoms with van der Waals surface area (Å²) in [5, 5.41) is 10.1. The molecule has 0 unspecified atom stereocenters. The lowest BCUT2D eigenvalue weighted by atomic mass is 10.1. The second-order valence-electron chi connectivity index (χ2n) is 7.46. The molecule has 3 aromatic rings. The maximum absolute atomic E-state index is 13.1. The van der Waals surface area contributed by atoms with Crippen molar-refractivity contribution < 1.29 is 14.0 Å². The van der Waals surface area contributed by atoms with E-state index in [-0.39, 0.29) is 29.6 Å². The third kappa shape index (κ3) is 5.31. The normalized spacial score (nSPS) is 11.9. The highest BCUT2D eigenvalue weighted by molar-refractivity contribution is 5.94. The molecule has 0 spiro atoms. The summed E-state index contributed by atoms with van der Waals surface area (Å²) in [6, 6.07) is 12.9. The maximum Gasteiger partial charge on any atom is 0.251 e. The molecule has 30 heavy (non-hydrogen) atoms. The number of halogens is 1. The van der Waals surface area contributed by atoms with Gasteiger partial charge in [-0.05, 0) is 48.9 Å². The summed E-state index contributed by atoms with van der Waals surface area (Å²) in [7, 11) is 0. The van der Waals surface area contributed by atoms with Gasteiger partial charge in [0.15, 0.2) is 0 Å². The van der Waals surface area contributed by atoms with E-state index in [9.17, 15) is 14.0 Å². The van der Waals surface area contributed by atoms with Crippen molar-refractivity contribution in [3.63, 3.8) is 0 Å². The van der Waals surface area contributed by atoms with Gasteiger partial charge in [0.05, 0.1) is 17.9 Å². The molecule has 7 heteroatoms. The van der Waals surface area contributed by atoms with Gasteiger partial charge in [0, 0.05) is 29.8 Å². The van der Waals surface area contributed by atoms with Crippen molar-refractivity contribution in [3.8, 4) is 5.69 Å². The molecule has 2 aromatic carbocycles. The first-order chi connectivity index (χ1) is 14.3. The molecular formula is C23H25FN4O2. The Morgan fingerprint density at radius 1 is 1.03 bits per heavy atom. The van der Waals surface area contributed by atoms with Crippen molar-refractivity contribution in [2.45, 2.75) is 33.4 Å². The molecule has 1 aromatic heterocycles. The Labute approximate surface area is 175 Å². The second-order valence-corrected chi connectivity index (χ2v) is 7.46. The Kier molecular flexibility index (Phi) is 6.61. The van der Waals surface area contributed by atoms with Crippen molar-refractivity contribution >= 4 is 11.8 Å². The number of rotatable bonds is 7. The molecule has 2 N–H and O–H groups in total. The van der Waals surface area contributed by atoms with Crippen LogP contribution >= 0.6 is 0 Å². The molecule has 0 aliphatic rings. The van der Waals surface area contributed by atoms with E-state index in [1.54, 1.807) is 47.3 Å². The van der Waals surface area contributed by atoms with Crippen LogP contribution in [0.4, 0.5) is 4.39 Å². The van der Waals surface area contributed by atoms with Gasteiger partial charge in [-0.3, -0.25) is 9.59 Å². The standard InChI is InChI=1S/C23H25FN4O2/c1-15(2)22(29)25-12-17-13-26-28(14-17)21-10-6-19(7-11-21)23(30)27-16(3)18-4-8-20(24)9-5-18/h4-11,13-16H,12H2,1-3H3,(H,25,29)(H,27,30)/t16-/m1/s1. The molecule has 1 atom stereocenters. The molecule has 1 heterocycles. The molecule has 2 amide bonds. The van der Waals surface area contributed by atoms with E-state index < -0.39 is 0 Å². The van der Waals surface area contributed by atoms with Crippen LogP contribution in [0.2, 0.25) is 0 Å². The van der Waals surface area contributed by atoms with E-state index in [1.165, 1.54) is 12.1 Å². The van der Waals surface area contributed by atoms with Crippen molar-refractivity contribution in [3.05, 3.63) is 83.4 Å². The van der Waals surface area contributed by atoms with Crippen LogP contribution in [-0.4, -0.2) is 21.6 Å². The molecule has 0 saturated carbocycles. The van der Waals surface area contributed by atoms with Crippen LogP contribution in [0.5, 0.6) is 0 Å². The topological polar surface area (TPSA) is 76.0 Å². The van der Waals surface area contributed by atoms with Crippen molar-refractivity contribution in [2.24, 2.45) is 5.92 Å². The molecular weight excluding hydrogens is 383 g/mol. The quantitative estimate of drug-likeness (QED) is 0.625. The number of nitrogens with zero attached hydrogens (tertiary/aromatic N) is 2. The second kappa shape index (κ2) is 9.35. The van der Waals surface area contributed by atoms with E-state index in [0.29, 0.717) is 12.1 Å². The molecule has 3 rings (SSSR count). The summed E-state index contributed by atoms with van der Waals surface area (Å²) in [5.74, 6) is -0.592. The molecule has 0 aliphatic carbocycles. The number of benzene rings is 2. The molecule has 0 radical (unpaired) electrons. The number of amides is 2. The summed E-state index contributed by atoms with van der Waals surface area (Å²) < 4.78 is 14.7. The van der Waals surface area contributed by atoms with Crippen molar-refractivity contribution in [2.75, 3.05) is 0 Å². The van der Waals surface area contributed by atoms with Crippen LogP contribution in [0.25, 0.3) is 5.69 Å². The lowest BCUT2D eigenvalue weighted by molar-refractivity contribution is -0.124. The van der Waals surface area contributed by atoms with E-state index in [0.717, 1.165) is 16.8 Å². The monoisotopic (exact) mass is 408 g/mol. The maximum atomic E-state index is 13.1. The number of aromatic nitrogens is 2. The third-order valence-electron chi connectivity index (χ3n) is 4.74. The van der Waals surface area contributed by atoms with Crippen molar-refractivity contribution in [1.82, 2.24) is 20.4 Å². The van der Waals surface area contributed by atoms with E-state index in [2.05, 4.69) is 15.7 Å². The first-order valence-corrected chi connectivity index (χ1v) is 9.81. The lowest BCUT2D eigenvalue weighted by Crippen LogP contribution is -2.26. The van der Waals surface area contributed by atoms with Crippen LogP contribution in [0.15, 0.2) is 60.9 Å². The summed E-state index contributed by atoms with van der Waals surface area (Å²) in [6.07, 6.45) is 3.54. The van der Waals surface area contributed by atoms with E-state index in [1.807, 2.05) is 27.0 Å². The first kappa shape index (κ1) is 21.2. The average molecular weight is 408 g/mol. The zero-order valence-corrected chi connectivity index (χ0v) is 17.2. The summed E-state index contributed by atoms with van der Waals surface area (Å²) in [5.41, 5.74) is 3.04. The van der Waals surface area contributed by atoms with Crippen molar-refractivity contribution in [1.29, 1.82) is 0 Å². The lowest BCUT2D eigenvalue weighted by Gasteiger charge is -2.14. The Balaban J connectivity index is 1.61. The number of hydrogen-bond acceptors (Lipinski definition) is 3. The number of carbonyl (C=O) groups excluding carboxylic acids is 2. The van der Waals surface area contributed by atoms with Gasteiger partial charge < -0.3 is 10.6 Å². The SMILES string of the molecule is CC(C)C(=O)NCc1cnn(-c2ccc(C(=O)N[C@H](C)c3ccc(F)cc3)cc2)c1. The highest BCUT2D eigenvalue weighted by atomic mass is 19.1. The fourth-order valence-corrected chi connectivity index (χ4v) is 2.87. The molecule has 0 saturated heterocycles. The minimum absolute atomic E-state index is 0.00650. The number of nitrogens with one attached hydrogen (secondary N) is 2. The smallest absolute Gasteiger partial charge is 0.251 e. The van der Waals surface area contributed by atoms with Gasteiger partial charge in [-0.1, -0.05) is 26.0 Å². The van der Waals surface area contributed by atoms with Crippen LogP contribution in [0, 0.1) is 11.7 Å². The highest BCUT2D eigenvalue weighted by Gasteiger charge is 2.12. The van der Waals surface area contributed by atoms with Gasteiger partial charge in [0.25, 0.3) is 5.91 Å². The van der Waals surface area contributed by atoms with Gasteiger partial charge >= 0.3 is 0 Å². The van der Waals surface area contributed by atoms with Gasteiger partial charge in [-0.15, -0.1) is 0 Å². The molecule has 0 bridgehead atoms. The summed E-state index contributed by atoms with van der Waals surface area (Å²) in [6.45, 7) is 5.95. The van der Waals surface area contributed by atoms with Gasteiger partial charge in [0.1, 0.15) is 5.82 Å². The first-order valence-electron chi connectivity index (χ1n) is 9.81. The average Bonchev–Trinajstić information content (AvgIpc) is 3.21. The predicted octanol–water partition coefficient (Wildman–Crippen LogP) is 3.77. The summed E-state index contributed by atoms with van der Waals surface area (Å²) >= 11 is 0. The summed E-state index contributed by atoms with van der Waals surface area (Å²) in [4.78, 5) is 24.2. The van der Waals surface area contributed by atoms with Crippen LogP contribution in [0.1, 0.15) is 48.3 Å². The van der Waals surface area contributed by atoms with Gasteiger partial charge in [-0.2, -0.15) is 5.10 Å². The zero-order chi connectivity index (χ0) is 21.7. The molecule has 6 nitrogen and oxygen atoms in total. The van der Waals surface area contributed by atoms with Gasteiger partial charge in [-0.25, -0.2) is 9.07 Å². The minimum Gasteiger partial charge on any atom is -0.352 e. The highest BCUT2D eigenvalue weighted by Crippen LogP contribution is 2.15. The Hall–Kier alpha value is -3.48. The Bertz CT molecular complexity index is 1010. The third-order valence-corrected chi connectivity index (χ3v) is 4.74. The Morgan fingerprint density at radius 3 is 2.33 bits per heavy atom. The van der Waals surface area contributed by atoms with Crippen LogP contribution in [-0.2, 0) is 11.3 Å². The number of hydrogen-bond donors (Lipinski definition) is 2. The van der Waals surface area contributed by atoms with E-state index >= 15 is 0 Å². The number of carbonyl (C=O) groups is 2. The fourth-order valence-electron chi connectivity index (χ4n) is 2.87. The Morgan fingerprint density at radius 2 is 1.70 bits per heavy atom. The van der Waals surface area contributed by atoms with Crippen LogP contribution in [0.3, 0.4) is 0 Å². The fraction of sp³-hybridized carbons (Fsp3) is 0.261. The van der Waals surface area contributed by atoms with Crippen LogP contribution < -0.4 is 10.6 Å². The zero-order valence-electron chi connectivity index (χ0n) is 17.2. The van der Waals surface area contributed by atoms with E-state index in [4.69, 9.17) is 0 Å². The molecule has 156 valence electrons. The minimum atomic E-state index is -0.308. The molecule has 0 aliphatic heterocycles. The van der Waals surface area contributed by atoms with Gasteiger partial charge in [0.2, 0.25) is 5.91 Å². The molecule has 0 fully saturated rings.